The van der Waals surface area contributed by atoms with Crippen LogP contribution in [0.2, 0.25) is 18.1 Å². The number of hydrogen-bond donors (Lipinski definition) is 1. The van der Waals surface area contributed by atoms with Gasteiger partial charge in [0.25, 0.3) is 0 Å². The lowest BCUT2D eigenvalue weighted by atomic mass is 9.78. The SMILES string of the molecule is CC(C)C(NC1(c2ccccc2)c2ccccc2-c2ccccc21)(O[Si](C)(C)C(C)(C)C)C(=O)OCc1ccccc1. The average Bonchev–Trinajstić information content (AvgIpc) is 3.26. The number of carbonyl (C=O) groups excluding carboxylic acids is 1. The van der Waals surface area contributed by atoms with Gasteiger partial charge in [-0.05, 0) is 51.5 Å². The van der Waals surface area contributed by atoms with E-state index in [1.165, 1.54) is 0 Å². The number of hydrogen-bond acceptors (Lipinski definition) is 4. The van der Waals surface area contributed by atoms with Crippen LogP contribution in [0.5, 0.6) is 0 Å². The van der Waals surface area contributed by atoms with E-state index in [1.807, 2.05) is 36.4 Å². The highest BCUT2D eigenvalue weighted by molar-refractivity contribution is 6.74. The van der Waals surface area contributed by atoms with Crippen LogP contribution < -0.4 is 5.32 Å². The molecule has 0 aromatic heterocycles. The molecule has 1 unspecified atom stereocenters. The van der Waals surface area contributed by atoms with Gasteiger partial charge in [0, 0.05) is 5.92 Å². The largest absolute Gasteiger partial charge is 0.458 e. The Morgan fingerprint density at radius 3 is 1.74 bits per heavy atom. The predicted octanol–water partition coefficient (Wildman–Crippen LogP) is 8.67. The molecule has 4 nitrogen and oxygen atoms in total. The van der Waals surface area contributed by atoms with Crippen LogP contribution in [-0.4, -0.2) is 20.0 Å². The maximum absolute atomic E-state index is 14.7. The Morgan fingerprint density at radius 1 is 0.762 bits per heavy atom. The minimum absolute atomic E-state index is 0.139. The van der Waals surface area contributed by atoms with E-state index in [4.69, 9.17) is 9.16 Å². The van der Waals surface area contributed by atoms with Crippen molar-refractivity contribution in [2.45, 2.75) is 70.6 Å². The van der Waals surface area contributed by atoms with E-state index in [9.17, 15) is 4.79 Å². The molecule has 0 saturated carbocycles. The molecule has 0 spiro atoms. The van der Waals surface area contributed by atoms with E-state index in [-0.39, 0.29) is 17.6 Å². The third kappa shape index (κ3) is 5.15. The number of rotatable bonds is 9. The molecule has 218 valence electrons. The smallest absolute Gasteiger partial charge is 0.353 e. The molecular formula is C37H43NO3Si. The maximum Gasteiger partial charge on any atom is 0.353 e. The van der Waals surface area contributed by atoms with Gasteiger partial charge in [0.1, 0.15) is 6.61 Å². The fraction of sp³-hybridized carbons (Fsp3) is 0.324. The topological polar surface area (TPSA) is 47.6 Å². The van der Waals surface area contributed by atoms with Crippen LogP contribution in [0, 0.1) is 5.92 Å². The fourth-order valence-electron chi connectivity index (χ4n) is 5.72. The molecule has 42 heavy (non-hydrogen) atoms. The van der Waals surface area contributed by atoms with Crippen molar-refractivity contribution < 1.29 is 14.0 Å². The minimum Gasteiger partial charge on any atom is -0.458 e. The molecule has 0 amide bonds. The highest BCUT2D eigenvalue weighted by Crippen LogP contribution is 2.53. The zero-order chi connectivity index (χ0) is 30.2. The van der Waals surface area contributed by atoms with E-state index in [1.54, 1.807) is 0 Å². The molecule has 4 aromatic carbocycles. The summed E-state index contributed by atoms with van der Waals surface area (Å²) in [6, 6.07) is 37.2. The Balaban J connectivity index is 1.75. The first kappa shape index (κ1) is 30.0. The van der Waals surface area contributed by atoms with Gasteiger partial charge in [-0.3, -0.25) is 5.32 Å². The van der Waals surface area contributed by atoms with Crippen molar-refractivity contribution in [3.63, 3.8) is 0 Å². The molecule has 1 N–H and O–H groups in total. The summed E-state index contributed by atoms with van der Waals surface area (Å²) < 4.78 is 13.5. The van der Waals surface area contributed by atoms with Crippen LogP contribution in [0.15, 0.2) is 109 Å². The first-order valence-electron chi connectivity index (χ1n) is 14.9. The summed E-state index contributed by atoms with van der Waals surface area (Å²) in [5.41, 5.74) is 4.16. The van der Waals surface area contributed by atoms with E-state index in [2.05, 4.69) is 126 Å². The van der Waals surface area contributed by atoms with Gasteiger partial charge in [0.15, 0.2) is 8.32 Å². The third-order valence-electron chi connectivity index (χ3n) is 9.08. The van der Waals surface area contributed by atoms with Gasteiger partial charge >= 0.3 is 5.97 Å². The van der Waals surface area contributed by atoms with Crippen molar-refractivity contribution in [2.24, 2.45) is 5.92 Å². The third-order valence-corrected chi connectivity index (χ3v) is 13.5. The summed E-state index contributed by atoms with van der Waals surface area (Å²) in [6.45, 7) is 15.3. The molecular weight excluding hydrogens is 534 g/mol. The lowest BCUT2D eigenvalue weighted by Gasteiger charge is -2.50. The average molecular weight is 578 g/mol. The van der Waals surface area contributed by atoms with Crippen molar-refractivity contribution in [3.8, 4) is 11.1 Å². The number of nitrogens with one attached hydrogen (secondary N) is 1. The van der Waals surface area contributed by atoms with Crippen LogP contribution >= 0.6 is 0 Å². The van der Waals surface area contributed by atoms with Gasteiger partial charge in [-0.1, -0.05) is 144 Å². The van der Waals surface area contributed by atoms with Gasteiger partial charge in [-0.25, -0.2) is 4.79 Å². The molecule has 0 radical (unpaired) electrons. The van der Waals surface area contributed by atoms with Gasteiger partial charge in [-0.15, -0.1) is 0 Å². The Labute approximate surface area is 252 Å². The summed E-state index contributed by atoms with van der Waals surface area (Å²) in [4.78, 5) is 14.7. The summed E-state index contributed by atoms with van der Waals surface area (Å²) in [5.74, 6) is -0.654. The second-order valence-electron chi connectivity index (χ2n) is 13.1. The number of ether oxygens (including phenoxy) is 1. The monoisotopic (exact) mass is 577 g/mol. The van der Waals surface area contributed by atoms with Crippen molar-refractivity contribution >= 4 is 14.3 Å². The fourth-order valence-corrected chi connectivity index (χ4v) is 7.20. The van der Waals surface area contributed by atoms with Gasteiger partial charge in [0.05, 0.1) is 5.54 Å². The number of esters is 1. The molecule has 0 heterocycles. The maximum atomic E-state index is 14.7. The molecule has 5 heteroatoms. The quantitative estimate of drug-likeness (QED) is 0.123. The second-order valence-corrected chi connectivity index (χ2v) is 17.9. The van der Waals surface area contributed by atoms with Crippen LogP contribution in [0.4, 0.5) is 0 Å². The molecule has 4 aromatic rings. The second kappa shape index (κ2) is 11.3. The molecule has 0 saturated heterocycles. The Kier molecular flexibility index (Phi) is 8.05. The summed E-state index contributed by atoms with van der Waals surface area (Å²) >= 11 is 0. The predicted molar refractivity (Wildman–Crippen MR) is 173 cm³/mol. The normalized spacial score (nSPS) is 15.5. The van der Waals surface area contributed by atoms with E-state index >= 15 is 0 Å². The summed E-state index contributed by atoms with van der Waals surface area (Å²) in [5, 5.41) is 3.83. The van der Waals surface area contributed by atoms with Crippen molar-refractivity contribution in [1.82, 2.24) is 5.32 Å². The highest BCUT2D eigenvalue weighted by atomic mass is 28.4. The molecule has 0 bridgehead atoms. The molecule has 1 atom stereocenters. The Hall–Kier alpha value is -3.51. The zero-order valence-corrected chi connectivity index (χ0v) is 26.9. The van der Waals surface area contributed by atoms with Gasteiger partial charge in [-0.2, -0.15) is 0 Å². The highest BCUT2D eigenvalue weighted by Gasteiger charge is 2.58. The van der Waals surface area contributed by atoms with E-state index in [0.29, 0.717) is 0 Å². The standard InChI is InChI=1S/C37H43NO3Si/c1-27(2)37(41-42(6,7)35(3,4)5,34(39)40-26-28-18-10-8-11-19-28)38-36(29-20-12-9-13-21-29)32-24-16-14-22-30(32)31-23-15-17-25-33(31)36/h8-25,27,38H,26H2,1-7H3. The van der Waals surface area contributed by atoms with E-state index in [0.717, 1.165) is 33.4 Å². The Morgan fingerprint density at radius 2 is 1.24 bits per heavy atom. The lowest BCUT2D eigenvalue weighted by Crippen LogP contribution is -2.69. The van der Waals surface area contributed by atoms with Crippen molar-refractivity contribution in [2.75, 3.05) is 0 Å². The zero-order valence-electron chi connectivity index (χ0n) is 25.9. The van der Waals surface area contributed by atoms with Crippen LogP contribution in [0.25, 0.3) is 11.1 Å². The van der Waals surface area contributed by atoms with E-state index < -0.39 is 25.6 Å². The Bertz CT molecular complexity index is 1500. The summed E-state index contributed by atoms with van der Waals surface area (Å²) in [7, 11) is -2.53. The lowest BCUT2D eigenvalue weighted by molar-refractivity contribution is -0.176. The minimum atomic E-state index is -2.53. The molecule has 1 aliphatic carbocycles. The first-order chi connectivity index (χ1) is 19.9. The van der Waals surface area contributed by atoms with Gasteiger partial charge in [0.2, 0.25) is 5.72 Å². The number of benzene rings is 4. The van der Waals surface area contributed by atoms with Crippen LogP contribution in [0.1, 0.15) is 56.9 Å². The van der Waals surface area contributed by atoms with Crippen molar-refractivity contribution in [3.05, 3.63) is 131 Å². The van der Waals surface area contributed by atoms with Crippen molar-refractivity contribution in [1.29, 1.82) is 0 Å². The molecule has 5 rings (SSSR count). The molecule has 0 fully saturated rings. The number of fused-ring (bicyclic) bond motifs is 3. The van der Waals surface area contributed by atoms with Crippen LogP contribution in [0.3, 0.4) is 0 Å². The molecule has 1 aliphatic rings. The first-order valence-corrected chi connectivity index (χ1v) is 17.8. The summed E-state index contributed by atoms with van der Waals surface area (Å²) in [6.07, 6.45) is 0. The number of carbonyl (C=O) groups is 1. The molecule has 0 aliphatic heterocycles. The van der Waals surface area contributed by atoms with Gasteiger partial charge < -0.3 is 9.16 Å². The van der Waals surface area contributed by atoms with Crippen LogP contribution in [-0.2, 0) is 26.1 Å².